The molecule has 0 aliphatic rings. The van der Waals surface area contributed by atoms with Gasteiger partial charge in [0.15, 0.2) is 8.32 Å². The van der Waals surface area contributed by atoms with E-state index >= 15 is 0 Å². The monoisotopic (exact) mass is 390 g/mol. The third-order valence-electron chi connectivity index (χ3n) is 3.03. The molecule has 0 bridgehead atoms. The van der Waals surface area contributed by atoms with Gasteiger partial charge in [-0.15, -0.1) is 11.3 Å². The maximum absolute atomic E-state index is 11.5. The van der Waals surface area contributed by atoms with E-state index < -0.39 is 17.4 Å². The normalized spacial score (nSPS) is 13.8. The number of hydrogen-bond donors (Lipinski definition) is 0. The number of rotatable bonds is 6. The summed E-state index contributed by atoms with van der Waals surface area (Å²) in [5, 5.41) is 1.54. The second-order valence-electron chi connectivity index (χ2n) is 6.01. The van der Waals surface area contributed by atoms with Crippen LogP contribution in [0.1, 0.15) is 16.5 Å². The molecule has 23 heavy (non-hydrogen) atoms. The molecule has 8 heteroatoms. The zero-order chi connectivity index (χ0) is 17.3. The molecule has 1 unspecified atom stereocenters. The molecule has 2 rings (SSSR count). The minimum atomic E-state index is -3.73. The van der Waals surface area contributed by atoms with E-state index in [0.717, 1.165) is 16.2 Å². The summed E-state index contributed by atoms with van der Waals surface area (Å²) in [5.74, 6) is 0.760. The fraction of sp³-hybridized carbons (Fsp3) is 0.333. The van der Waals surface area contributed by atoms with Crippen LogP contribution in [0.5, 0.6) is 5.75 Å². The molecule has 0 amide bonds. The van der Waals surface area contributed by atoms with Gasteiger partial charge in [-0.1, -0.05) is 12.1 Å². The molecule has 2 aromatic rings. The van der Waals surface area contributed by atoms with Gasteiger partial charge in [-0.05, 0) is 43.4 Å². The SMILES string of the molecule is COc1ccc(C(O[Si](C)(C)C)c2cc(S(=O)(=O)Cl)cs2)cc1. The van der Waals surface area contributed by atoms with Crippen LogP contribution in [0.3, 0.4) is 0 Å². The summed E-state index contributed by atoms with van der Waals surface area (Å²) in [5.41, 5.74) is 0.952. The van der Waals surface area contributed by atoms with Crippen LogP contribution < -0.4 is 4.74 Å². The van der Waals surface area contributed by atoms with Crippen molar-refractivity contribution in [2.45, 2.75) is 30.6 Å². The molecule has 1 aromatic heterocycles. The van der Waals surface area contributed by atoms with Crippen LogP contribution in [0.4, 0.5) is 0 Å². The third-order valence-corrected chi connectivity index (χ3v) is 6.43. The number of ether oxygens (including phenoxy) is 1. The summed E-state index contributed by atoms with van der Waals surface area (Å²) in [6.07, 6.45) is -0.315. The minimum absolute atomic E-state index is 0.108. The van der Waals surface area contributed by atoms with E-state index in [0.29, 0.717) is 0 Å². The molecule has 0 aliphatic carbocycles. The standard InChI is InChI=1S/C15H19ClO4S2Si/c1-19-12-7-5-11(6-8-12)15(20-23(2,3)4)14-9-13(10-21-14)22(16,17)18/h5-10,15H,1-4H3. The number of methoxy groups -OCH3 is 1. The predicted octanol–water partition coefficient (Wildman–Crippen LogP) is 4.63. The summed E-state index contributed by atoms with van der Waals surface area (Å²) < 4.78 is 34.5. The average Bonchev–Trinajstić information content (AvgIpc) is 2.94. The molecule has 0 saturated heterocycles. The summed E-state index contributed by atoms with van der Waals surface area (Å²) >= 11 is 1.33. The van der Waals surface area contributed by atoms with Crippen molar-refractivity contribution in [2.24, 2.45) is 0 Å². The zero-order valence-electron chi connectivity index (χ0n) is 13.4. The lowest BCUT2D eigenvalue weighted by Crippen LogP contribution is -2.28. The highest BCUT2D eigenvalue weighted by molar-refractivity contribution is 8.13. The molecule has 1 heterocycles. The molecule has 1 atom stereocenters. The van der Waals surface area contributed by atoms with Crippen molar-refractivity contribution in [3.05, 3.63) is 46.2 Å². The molecule has 4 nitrogen and oxygen atoms in total. The molecule has 0 aliphatic heterocycles. The summed E-state index contributed by atoms with van der Waals surface area (Å²) in [6, 6.07) is 9.17. The van der Waals surface area contributed by atoms with Crippen molar-refractivity contribution in [1.82, 2.24) is 0 Å². The van der Waals surface area contributed by atoms with Gasteiger partial charge in [0.2, 0.25) is 0 Å². The van der Waals surface area contributed by atoms with Crippen molar-refractivity contribution in [1.29, 1.82) is 0 Å². The molecule has 0 saturated carbocycles. The van der Waals surface area contributed by atoms with E-state index in [2.05, 4.69) is 19.6 Å². The van der Waals surface area contributed by atoms with Crippen LogP contribution in [0.2, 0.25) is 19.6 Å². The van der Waals surface area contributed by atoms with Gasteiger partial charge in [0.1, 0.15) is 11.9 Å². The van der Waals surface area contributed by atoms with Crippen molar-refractivity contribution in [2.75, 3.05) is 7.11 Å². The van der Waals surface area contributed by atoms with Gasteiger partial charge < -0.3 is 9.16 Å². The Labute approximate surface area is 146 Å². The Hall–Kier alpha value is -0.863. The Morgan fingerprint density at radius 2 is 1.78 bits per heavy atom. The summed E-state index contributed by atoms with van der Waals surface area (Å²) in [4.78, 5) is 0.925. The molecular formula is C15H19ClO4S2Si. The Kier molecular flexibility index (Phi) is 5.58. The molecular weight excluding hydrogens is 372 g/mol. The molecule has 126 valence electrons. The van der Waals surface area contributed by atoms with E-state index in [9.17, 15) is 8.42 Å². The highest BCUT2D eigenvalue weighted by atomic mass is 35.7. The second-order valence-corrected chi connectivity index (χ2v) is 14.0. The van der Waals surface area contributed by atoms with E-state index in [1.165, 1.54) is 11.3 Å². The highest BCUT2D eigenvalue weighted by Crippen LogP contribution is 2.35. The molecule has 0 radical (unpaired) electrons. The lowest BCUT2D eigenvalue weighted by atomic mass is 10.1. The van der Waals surface area contributed by atoms with Gasteiger partial charge in [-0.2, -0.15) is 0 Å². The minimum Gasteiger partial charge on any atom is -0.497 e. The smallest absolute Gasteiger partial charge is 0.262 e. The predicted molar refractivity (Wildman–Crippen MR) is 96.6 cm³/mol. The maximum Gasteiger partial charge on any atom is 0.262 e. The van der Waals surface area contributed by atoms with Gasteiger partial charge in [-0.25, -0.2) is 8.42 Å². The first-order valence-corrected chi connectivity index (χ1v) is 13.5. The topological polar surface area (TPSA) is 52.6 Å². The largest absolute Gasteiger partial charge is 0.497 e. The van der Waals surface area contributed by atoms with Gasteiger partial charge in [0, 0.05) is 20.9 Å². The molecule has 0 fully saturated rings. The number of halogens is 1. The zero-order valence-corrected chi connectivity index (χ0v) is 16.8. The van der Waals surface area contributed by atoms with Gasteiger partial charge in [0.05, 0.1) is 12.0 Å². The summed E-state index contributed by atoms with van der Waals surface area (Å²) in [7, 11) is 1.45. The van der Waals surface area contributed by atoms with Crippen molar-refractivity contribution in [3.8, 4) is 5.75 Å². The van der Waals surface area contributed by atoms with E-state index in [-0.39, 0.29) is 11.0 Å². The molecule has 1 aromatic carbocycles. The first-order chi connectivity index (χ1) is 10.6. The van der Waals surface area contributed by atoms with Crippen LogP contribution in [-0.2, 0) is 13.5 Å². The van der Waals surface area contributed by atoms with Crippen LogP contribution in [0, 0.1) is 0 Å². The third kappa shape index (κ3) is 5.05. The van der Waals surface area contributed by atoms with Gasteiger partial charge in [0.25, 0.3) is 9.05 Å². The number of thiophene rings is 1. The van der Waals surface area contributed by atoms with E-state index in [4.69, 9.17) is 19.8 Å². The Morgan fingerprint density at radius 3 is 2.22 bits per heavy atom. The van der Waals surface area contributed by atoms with E-state index in [1.807, 2.05) is 24.3 Å². The number of benzene rings is 1. The molecule has 0 spiro atoms. The quantitative estimate of drug-likeness (QED) is 0.533. The van der Waals surface area contributed by atoms with Crippen molar-refractivity contribution < 1.29 is 17.6 Å². The van der Waals surface area contributed by atoms with E-state index in [1.54, 1.807) is 18.6 Å². The Balaban J connectivity index is 2.43. The van der Waals surface area contributed by atoms with Gasteiger partial charge >= 0.3 is 0 Å². The Bertz CT molecular complexity index is 764. The maximum atomic E-state index is 11.5. The van der Waals surface area contributed by atoms with Crippen LogP contribution in [0.25, 0.3) is 0 Å². The first kappa shape index (κ1) is 18.5. The first-order valence-electron chi connectivity index (χ1n) is 6.95. The Morgan fingerprint density at radius 1 is 1.17 bits per heavy atom. The van der Waals surface area contributed by atoms with Gasteiger partial charge in [-0.3, -0.25) is 0 Å². The van der Waals surface area contributed by atoms with Crippen LogP contribution >= 0.6 is 22.0 Å². The average molecular weight is 391 g/mol. The molecule has 0 N–H and O–H groups in total. The lowest BCUT2D eigenvalue weighted by Gasteiger charge is -2.26. The lowest BCUT2D eigenvalue weighted by molar-refractivity contribution is 0.243. The second kappa shape index (κ2) is 6.94. The number of hydrogen-bond acceptors (Lipinski definition) is 5. The fourth-order valence-electron chi connectivity index (χ4n) is 2.02. The summed E-state index contributed by atoms with van der Waals surface area (Å²) in [6.45, 7) is 6.28. The van der Waals surface area contributed by atoms with Crippen molar-refractivity contribution in [3.63, 3.8) is 0 Å². The van der Waals surface area contributed by atoms with Crippen LogP contribution in [0.15, 0.2) is 40.6 Å². The van der Waals surface area contributed by atoms with Crippen molar-refractivity contribution >= 4 is 39.4 Å². The fourth-order valence-corrected chi connectivity index (χ4v) is 5.31. The van der Waals surface area contributed by atoms with Crippen LogP contribution in [-0.4, -0.2) is 23.8 Å². The highest BCUT2D eigenvalue weighted by Gasteiger charge is 2.26.